The first kappa shape index (κ1) is 17.9. The summed E-state index contributed by atoms with van der Waals surface area (Å²) in [6.45, 7) is 1.78. The molecule has 0 fully saturated rings. The monoisotopic (exact) mass is 403 g/mol. The van der Waals surface area contributed by atoms with Crippen LogP contribution >= 0.6 is 27.7 Å². The van der Waals surface area contributed by atoms with Gasteiger partial charge in [0.15, 0.2) is 5.82 Å². The Morgan fingerprint density at radius 2 is 1.91 bits per heavy atom. The average Bonchev–Trinajstić information content (AvgIpc) is 2.49. The summed E-state index contributed by atoms with van der Waals surface area (Å²) in [6, 6.07) is 8.08. The van der Waals surface area contributed by atoms with Crippen LogP contribution in [0.5, 0.6) is 0 Å². The zero-order chi connectivity index (χ0) is 17.0. The Morgan fingerprint density at radius 1 is 1.22 bits per heavy atom. The molecule has 2 rings (SSSR count). The number of benzene rings is 2. The van der Waals surface area contributed by atoms with E-state index in [2.05, 4.69) is 21.2 Å². The van der Waals surface area contributed by atoms with Crippen LogP contribution in [-0.2, 0) is 4.79 Å². The van der Waals surface area contributed by atoms with Gasteiger partial charge in [0.1, 0.15) is 11.6 Å². The zero-order valence-corrected chi connectivity index (χ0v) is 14.5. The smallest absolute Gasteiger partial charge is 0.234 e. The third kappa shape index (κ3) is 4.75. The first-order chi connectivity index (χ1) is 10.9. The molecule has 0 bridgehead atoms. The Balaban J connectivity index is 1.97. The lowest BCUT2D eigenvalue weighted by atomic mass is 10.1. The summed E-state index contributed by atoms with van der Waals surface area (Å²) in [4.78, 5) is 11.9. The van der Waals surface area contributed by atoms with Crippen LogP contribution in [0.4, 0.5) is 18.9 Å². The van der Waals surface area contributed by atoms with Gasteiger partial charge in [-0.15, -0.1) is 11.8 Å². The van der Waals surface area contributed by atoms with Crippen LogP contribution in [0.3, 0.4) is 0 Å². The quantitative estimate of drug-likeness (QED) is 0.733. The highest BCUT2D eigenvalue weighted by molar-refractivity contribution is 9.10. The highest BCUT2D eigenvalue weighted by Crippen LogP contribution is 2.31. The molecule has 0 radical (unpaired) electrons. The van der Waals surface area contributed by atoms with Gasteiger partial charge in [0.2, 0.25) is 5.91 Å². The second-order valence-electron chi connectivity index (χ2n) is 4.77. The van der Waals surface area contributed by atoms with Crippen LogP contribution < -0.4 is 5.32 Å². The summed E-state index contributed by atoms with van der Waals surface area (Å²) in [5, 5.41) is 2.15. The number of nitrogens with one attached hydrogen (secondary N) is 1. The lowest BCUT2D eigenvalue weighted by Gasteiger charge is -2.13. The average molecular weight is 404 g/mol. The second-order valence-corrected chi connectivity index (χ2v) is 6.95. The van der Waals surface area contributed by atoms with E-state index in [9.17, 15) is 18.0 Å². The minimum Gasteiger partial charge on any atom is -0.322 e. The summed E-state index contributed by atoms with van der Waals surface area (Å²) in [6.07, 6.45) is 0. The minimum atomic E-state index is -0.864. The fraction of sp³-hybridized carbons (Fsp3) is 0.188. The lowest BCUT2D eigenvalue weighted by molar-refractivity contribution is -0.113. The van der Waals surface area contributed by atoms with Gasteiger partial charge in [0.25, 0.3) is 0 Å². The first-order valence-corrected chi connectivity index (χ1v) is 8.53. The highest BCUT2D eigenvalue weighted by Gasteiger charge is 2.16. The molecule has 0 aromatic heterocycles. The number of carbonyl (C=O) groups is 1. The molecule has 0 aliphatic rings. The molecule has 0 saturated heterocycles. The first-order valence-electron chi connectivity index (χ1n) is 6.69. The van der Waals surface area contributed by atoms with Gasteiger partial charge in [-0.3, -0.25) is 4.79 Å². The number of hydrogen-bond donors (Lipinski definition) is 1. The van der Waals surface area contributed by atoms with Gasteiger partial charge >= 0.3 is 0 Å². The molecule has 23 heavy (non-hydrogen) atoms. The molecule has 0 heterocycles. The SMILES string of the molecule is CC(SCC(=O)Nc1c(F)cc(F)cc1Br)c1ccccc1F. The van der Waals surface area contributed by atoms with Crippen LogP contribution in [0.1, 0.15) is 17.7 Å². The largest absolute Gasteiger partial charge is 0.322 e. The van der Waals surface area contributed by atoms with E-state index in [1.807, 2.05) is 0 Å². The number of rotatable bonds is 5. The van der Waals surface area contributed by atoms with E-state index in [1.54, 1.807) is 25.1 Å². The molecule has 0 saturated carbocycles. The molecule has 1 N–H and O–H groups in total. The maximum Gasteiger partial charge on any atom is 0.234 e. The number of anilines is 1. The van der Waals surface area contributed by atoms with Gasteiger partial charge in [-0.1, -0.05) is 18.2 Å². The lowest BCUT2D eigenvalue weighted by Crippen LogP contribution is -2.16. The predicted molar refractivity (Wildman–Crippen MR) is 90.0 cm³/mol. The Hall–Kier alpha value is -1.47. The molecule has 0 spiro atoms. The van der Waals surface area contributed by atoms with Crippen molar-refractivity contribution in [2.45, 2.75) is 12.2 Å². The van der Waals surface area contributed by atoms with Crippen LogP contribution in [0.2, 0.25) is 0 Å². The van der Waals surface area contributed by atoms with Crippen molar-refractivity contribution in [1.82, 2.24) is 0 Å². The van der Waals surface area contributed by atoms with Crippen molar-refractivity contribution in [3.05, 3.63) is 63.9 Å². The predicted octanol–water partition coefficient (Wildman–Crippen LogP) is 5.30. The van der Waals surface area contributed by atoms with Crippen molar-refractivity contribution in [1.29, 1.82) is 0 Å². The van der Waals surface area contributed by atoms with Gasteiger partial charge in [-0.25, -0.2) is 13.2 Å². The van der Waals surface area contributed by atoms with Crippen LogP contribution in [0.15, 0.2) is 40.9 Å². The maximum atomic E-state index is 13.6. The normalized spacial score (nSPS) is 12.0. The minimum absolute atomic E-state index is 0.0127. The summed E-state index contributed by atoms with van der Waals surface area (Å²) in [7, 11) is 0. The van der Waals surface area contributed by atoms with Crippen molar-refractivity contribution in [3.8, 4) is 0 Å². The van der Waals surface area contributed by atoms with E-state index < -0.39 is 17.5 Å². The Labute approximate surface area is 144 Å². The Kier molecular flexibility index (Phi) is 6.12. The maximum absolute atomic E-state index is 13.6. The van der Waals surface area contributed by atoms with E-state index in [4.69, 9.17) is 0 Å². The fourth-order valence-electron chi connectivity index (χ4n) is 1.93. The fourth-order valence-corrected chi connectivity index (χ4v) is 3.28. The Bertz CT molecular complexity index is 703. The van der Waals surface area contributed by atoms with E-state index >= 15 is 0 Å². The van der Waals surface area contributed by atoms with E-state index in [-0.39, 0.29) is 27.0 Å². The van der Waals surface area contributed by atoms with E-state index in [0.717, 1.165) is 6.07 Å². The van der Waals surface area contributed by atoms with E-state index in [1.165, 1.54) is 17.8 Å². The van der Waals surface area contributed by atoms with Crippen molar-refractivity contribution >= 4 is 39.3 Å². The molecule has 122 valence electrons. The topological polar surface area (TPSA) is 29.1 Å². The molecule has 2 nitrogen and oxygen atoms in total. The van der Waals surface area contributed by atoms with Gasteiger partial charge in [0, 0.05) is 21.4 Å². The number of carbonyl (C=O) groups excluding carboxylic acids is 1. The van der Waals surface area contributed by atoms with Crippen molar-refractivity contribution in [3.63, 3.8) is 0 Å². The summed E-state index contributed by atoms with van der Waals surface area (Å²) < 4.78 is 40.4. The molecule has 0 aliphatic carbocycles. The standard InChI is InChI=1S/C16H13BrF3NOS/c1-9(11-4-2-3-5-13(11)19)23-8-15(22)21-16-12(17)6-10(18)7-14(16)20/h2-7,9H,8H2,1H3,(H,21,22). The number of amides is 1. The van der Waals surface area contributed by atoms with Crippen LogP contribution in [0, 0.1) is 17.5 Å². The van der Waals surface area contributed by atoms with E-state index in [0.29, 0.717) is 11.6 Å². The number of hydrogen-bond acceptors (Lipinski definition) is 2. The third-order valence-electron chi connectivity index (χ3n) is 3.08. The molecule has 2 aromatic rings. The highest BCUT2D eigenvalue weighted by atomic mass is 79.9. The second kappa shape index (κ2) is 7.88. The summed E-state index contributed by atoms with van der Waals surface area (Å²) in [5.41, 5.74) is 0.384. The number of thioether (sulfide) groups is 1. The molecular formula is C16H13BrF3NOS. The molecular weight excluding hydrogens is 391 g/mol. The van der Waals surface area contributed by atoms with Gasteiger partial charge < -0.3 is 5.32 Å². The molecule has 1 amide bonds. The number of halogens is 4. The molecule has 1 unspecified atom stereocenters. The van der Waals surface area contributed by atoms with Crippen molar-refractivity contribution in [2.75, 3.05) is 11.1 Å². The van der Waals surface area contributed by atoms with Gasteiger partial charge in [0.05, 0.1) is 11.4 Å². The molecule has 1 atom stereocenters. The molecule has 0 aliphatic heterocycles. The van der Waals surface area contributed by atoms with Gasteiger partial charge in [-0.2, -0.15) is 0 Å². The third-order valence-corrected chi connectivity index (χ3v) is 4.89. The molecule has 2 aromatic carbocycles. The zero-order valence-electron chi connectivity index (χ0n) is 12.1. The molecule has 7 heteroatoms. The van der Waals surface area contributed by atoms with Crippen molar-refractivity contribution in [2.24, 2.45) is 0 Å². The van der Waals surface area contributed by atoms with Gasteiger partial charge in [-0.05, 0) is 35.0 Å². The summed E-state index contributed by atoms with van der Waals surface area (Å²) in [5.74, 6) is -2.38. The summed E-state index contributed by atoms with van der Waals surface area (Å²) >= 11 is 4.22. The van der Waals surface area contributed by atoms with Crippen LogP contribution in [-0.4, -0.2) is 11.7 Å². The Morgan fingerprint density at radius 3 is 2.57 bits per heavy atom. The van der Waals surface area contributed by atoms with Crippen molar-refractivity contribution < 1.29 is 18.0 Å². The van der Waals surface area contributed by atoms with Crippen LogP contribution in [0.25, 0.3) is 0 Å².